The van der Waals surface area contributed by atoms with Gasteiger partial charge in [0.25, 0.3) is 10.5 Å². The highest BCUT2D eigenvalue weighted by Gasteiger charge is 2.54. The summed E-state index contributed by atoms with van der Waals surface area (Å²) in [5.41, 5.74) is 1.45. The number of hydrogen-bond acceptors (Lipinski definition) is 6. The summed E-state index contributed by atoms with van der Waals surface area (Å²) in [6.07, 6.45) is -17.6. The zero-order valence-corrected chi connectivity index (χ0v) is 54.7. The number of thioether (sulfide) groups is 2. The lowest BCUT2D eigenvalue weighted by molar-refractivity contribution is -0.143. The number of alkyl halides is 12. The van der Waals surface area contributed by atoms with Crippen LogP contribution < -0.4 is 5.46 Å². The van der Waals surface area contributed by atoms with Crippen LogP contribution >= 0.6 is 35.1 Å². The van der Waals surface area contributed by atoms with E-state index in [-0.39, 0.29) is 81.5 Å². The third-order valence-electron chi connectivity index (χ3n) is 18.1. The highest BCUT2D eigenvalue weighted by atomic mass is 35.5. The van der Waals surface area contributed by atoms with Crippen LogP contribution in [0.3, 0.4) is 0 Å². The molecule has 0 saturated carbocycles. The Hall–Kier alpha value is -5.75. The Morgan fingerprint density at radius 3 is 1.42 bits per heavy atom. The predicted molar refractivity (Wildman–Crippen MR) is 332 cm³/mol. The van der Waals surface area contributed by atoms with Crippen LogP contribution in [-0.4, -0.2) is 50.7 Å². The number of halogens is 15. The van der Waals surface area contributed by atoms with E-state index in [0.29, 0.717) is 67.9 Å². The second-order valence-electron chi connectivity index (χ2n) is 25.9. The molecule has 6 nitrogen and oxygen atoms in total. The molecule has 6 aromatic rings. The number of rotatable bonds is 8. The Morgan fingerprint density at radius 2 is 0.946 bits per heavy atom. The fourth-order valence-electron chi connectivity index (χ4n) is 12.7. The quantitative estimate of drug-likeness (QED) is 0.112. The van der Waals surface area contributed by atoms with Gasteiger partial charge in [-0.2, -0.15) is 52.7 Å². The zero-order chi connectivity index (χ0) is 68.0. The van der Waals surface area contributed by atoms with Gasteiger partial charge in [-0.05, 0) is 221 Å². The maximum atomic E-state index is 14.7. The van der Waals surface area contributed by atoms with Crippen molar-refractivity contribution in [3.05, 3.63) is 192 Å². The van der Waals surface area contributed by atoms with Crippen molar-refractivity contribution in [3.8, 4) is 11.1 Å². The van der Waals surface area contributed by atoms with Gasteiger partial charge in [0.15, 0.2) is 0 Å². The van der Waals surface area contributed by atoms with Gasteiger partial charge in [0, 0.05) is 17.1 Å². The minimum atomic E-state index is -5.09. The monoisotopic (exact) mass is 1350 g/mol. The summed E-state index contributed by atoms with van der Waals surface area (Å²) >= 11 is 8.06. The van der Waals surface area contributed by atoms with Crippen LogP contribution in [0.25, 0.3) is 11.1 Å². The molecule has 6 atom stereocenters. The highest BCUT2D eigenvalue weighted by Crippen LogP contribution is 2.58. The molecule has 494 valence electrons. The molecule has 0 radical (unpaired) electrons. The number of fused-ring (bicyclic) bond motifs is 2. The molecule has 11 rings (SSSR count). The molecule has 5 fully saturated rings. The van der Waals surface area contributed by atoms with Crippen LogP contribution in [0.5, 0.6) is 0 Å². The largest absolute Gasteiger partial charge is 0.495 e. The van der Waals surface area contributed by atoms with Gasteiger partial charge in [-0.1, -0.05) is 104 Å². The first-order valence-electron chi connectivity index (χ1n) is 29.9. The van der Waals surface area contributed by atoms with Crippen LogP contribution in [0.15, 0.2) is 97.1 Å². The molecule has 5 heterocycles. The molecule has 0 unspecified atom stereocenters. The first kappa shape index (κ1) is 70.6. The Morgan fingerprint density at radius 1 is 0.500 bits per heavy atom. The summed E-state index contributed by atoms with van der Waals surface area (Å²) in [5.74, 6) is -0.757. The second kappa shape index (κ2) is 25.8. The van der Waals surface area contributed by atoms with Crippen molar-refractivity contribution >= 4 is 58.2 Å². The normalized spacial score (nSPS) is 22.1. The van der Waals surface area contributed by atoms with E-state index in [9.17, 15) is 71.1 Å². The lowest BCUT2D eigenvalue weighted by Gasteiger charge is -2.32. The van der Waals surface area contributed by atoms with Crippen molar-refractivity contribution in [2.75, 3.05) is 0 Å². The molecule has 0 bridgehead atoms. The maximum absolute atomic E-state index is 14.7. The van der Waals surface area contributed by atoms with Crippen LogP contribution in [0.2, 0.25) is 5.02 Å². The molecule has 2 amide bonds. The van der Waals surface area contributed by atoms with Gasteiger partial charge in [-0.15, -0.1) is 0 Å². The average Bonchev–Trinajstić information content (AvgIpc) is 1.57. The maximum Gasteiger partial charge on any atom is 0.495 e. The number of carbonyl (C=O) groups is 2. The van der Waals surface area contributed by atoms with Gasteiger partial charge >= 0.3 is 31.8 Å². The number of amides is 2. The molecule has 5 saturated heterocycles. The summed E-state index contributed by atoms with van der Waals surface area (Å²) in [7, 11) is -0.432. The van der Waals surface area contributed by atoms with Gasteiger partial charge < -0.3 is 19.1 Å². The molecule has 6 aromatic carbocycles. The van der Waals surface area contributed by atoms with Crippen molar-refractivity contribution in [1.82, 2.24) is 9.80 Å². The van der Waals surface area contributed by atoms with Crippen LogP contribution in [0, 0.1) is 39.3 Å². The number of nitrogens with zero attached hydrogens (tertiary/aromatic N) is 2. The predicted octanol–water partition coefficient (Wildman–Crippen LogP) is 21.7. The Bertz CT molecular complexity index is 3760. The first-order chi connectivity index (χ1) is 42.5. The standard InChI is InChI=1S/C31H25F10NOS.C21H19ClF3NOS.C16H24BFO2/c1-14(2)21-13-22(15(3)8-24(21)32)20-5-4-17(29(33,34)35)12-23(20)25-6-7-26-27(44-28(43)42(25)26)16-9-18(30(36,37)38)11-19(10-16)31(39,40)41;1-11-3-4-16(22)15(9-11)17-5-6-18-19(28-20(27)26(17)18)13-7-12(2)8-14(10-13)21(23,24)25;1-10(2)12-9-13(11(3)8-14(12)18)17-19-15(4,5)16(6,7)20-17/h4-5,8-14,25-27H,6-7H2,1-3H3;3-4,7-10,17-19H,5-6H2,1-2H3;8-10H,1-7H3/t25-,26-,27+;17-,18-,19+;/m00./s1. The third kappa shape index (κ3) is 14.4. The molecule has 5 aliphatic rings. The van der Waals surface area contributed by atoms with Crippen molar-refractivity contribution in [1.29, 1.82) is 0 Å². The smallest absolute Gasteiger partial charge is 0.399 e. The van der Waals surface area contributed by atoms with E-state index >= 15 is 0 Å². The highest BCUT2D eigenvalue weighted by molar-refractivity contribution is 8.14. The van der Waals surface area contributed by atoms with Gasteiger partial charge in [-0.25, -0.2) is 8.78 Å². The fourth-order valence-corrected chi connectivity index (χ4v) is 15.6. The van der Waals surface area contributed by atoms with Crippen LogP contribution in [0.1, 0.15) is 193 Å². The molecule has 24 heteroatoms. The topological polar surface area (TPSA) is 59.1 Å². The van der Waals surface area contributed by atoms with E-state index < -0.39 is 82.5 Å². The van der Waals surface area contributed by atoms with E-state index in [1.165, 1.54) is 23.1 Å². The summed E-state index contributed by atoms with van der Waals surface area (Å²) < 4.78 is 204. The average molecular weight is 1350 g/mol. The van der Waals surface area contributed by atoms with Gasteiger partial charge in [0.2, 0.25) is 0 Å². The van der Waals surface area contributed by atoms with E-state index in [1.807, 2.05) is 84.6 Å². The van der Waals surface area contributed by atoms with Crippen molar-refractivity contribution < 1.29 is 80.4 Å². The SMILES string of the molecule is Cc1cc(F)c(C(C)C)cc1-c1ccc(C(F)(F)F)cc1[C@@H]1CC[C@H]2[C@@H](c3cc(C(F)(F)F)cc(C(F)(F)F)c3)SC(=O)N12.Cc1cc(F)c(C(C)C)cc1B1OC(C)(C)C(C)(C)O1.Cc1cc([C@H]2SC(=O)N3[C@H](c4cc(C)ccc4Cl)CC[C@@H]23)cc(C(F)(F)F)c1. The second-order valence-corrected chi connectivity index (χ2v) is 28.4. The summed E-state index contributed by atoms with van der Waals surface area (Å²) in [5, 5.41) is -1.57. The molecule has 5 aliphatic heterocycles. The Kier molecular flexibility index (Phi) is 19.8. The first-order valence-corrected chi connectivity index (χ1v) is 32.0. The lowest BCUT2D eigenvalue weighted by atomic mass is 9.74. The van der Waals surface area contributed by atoms with Crippen molar-refractivity contribution in [2.45, 2.75) is 191 Å². The molecule has 92 heavy (non-hydrogen) atoms. The van der Waals surface area contributed by atoms with E-state index in [1.54, 1.807) is 45.9 Å². The van der Waals surface area contributed by atoms with Gasteiger partial charge in [0.05, 0.1) is 56.0 Å². The minimum Gasteiger partial charge on any atom is -0.399 e. The molecular formula is C68H68BClF14N2O4S2. The number of hydrogen-bond donors (Lipinski definition) is 0. The molecule has 0 aromatic heterocycles. The van der Waals surface area contributed by atoms with E-state index in [2.05, 4.69) is 0 Å². The molecule has 0 aliphatic carbocycles. The van der Waals surface area contributed by atoms with E-state index in [4.69, 9.17) is 20.9 Å². The summed E-state index contributed by atoms with van der Waals surface area (Å²) in [6, 6.07) is 18.3. The third-order valence-corrected chi connectivity index (χ3v) is 21.0. The van der Waals surface area contributed by atoms with Gasteiger partial charge in [-0.3, -0.25) is 9.59 Å². The Balaban J connectivity index is 0.000000178. The minimum absolute atomic E-state index is 0.00547. The van der Waals surface area contributed by atoms with Crippen LogP contribution in [-0.2, 0) is 34.0 Å². The molecular weight excluding hydrogens is 1290 g/mol. The summed E-state index contributed by atoms with van der Waals surface area (Å²) in [6.45, 7) is 22.7. The van der Waals surface area contributed by atoms with Gasteiger partial charge in [0.1, 0.15) is 11.6 Å². The number of aryl methyl sites for hydroxylation is 4. The lowest BCUT2D eigenvalue weighted by Crippen LogP contribution is -2.41. The summed E-state index contributed by atoms with van der Waals surface area (Å²) in [4.78, 5) is 29.2. The zero-order valence-electron chi connectivity index (χ0n) is 52.3. The molecule has 0 spiro atoms. The fraction of sp³-hybridized carbons (Fsp3) is 0.441. The Labute approximate surface area is 539 Å². The number of carbonyl (C=O) groups excluding carboxylic acids is 2. The number of benzene rings is 6. The van der Waals surface area contributed by atoms with Crippen molar-refractivity contribution in [2.24, 2.45) is 0 Å². The van der Waals surface area contributed by atoms with E-state index in [0.717, 1.165) is 65.0 Å². The van der Waals surface area contributed by atoms with Crippen LogP contribution in [0.4, 0.5) is 71.1 Å². The van der Waals surface area contributed by atoms with Crippen molar-refractivity contribution in [3.63, 3.8) is 0 Å². The molecule has 0 N–H and O–H groups in total.